The molecule has 0 spiro atoms. The van der Waals surface area contributed by atoms with E-state index in [2.05, 4.69) is 14.6 Å². The number of carbonyl (C=O) groups is 1. The SMILES string of the molecule is CCCCS(=O)(=O)Nc1ccc(N2CCN(C(=O)OCC)CC2)cn1. The maximum atomic E-state index is 11.9. The number of nitrogens with one attached hydrogen (secondary N) is 1. The predicted molar refractivity (Wildman–Crippen MR) is 97.4 cm³/mol. The summed E-state index contributed by atoms with van der Waals surface area (Å²) in [4.78, 5) is 19.7. The van der Waals surface area contributed by atoms with Gasteiger partial charge in [-0.25, -0.2) is 18.2 Å². The first kappa shape index (κ1) is 19.3. The molecule has 1 N–H and O–H groups in total. The van der Waals surface area contributed by atoms with Crippen molar-refractivity contribution >= 4 is 27.6 Å². The van der Waals surface area contributed by atoms with E-state index in [1.54, 1.807) is 24.1 Å². The summed E-state index contributed by atoms with van der Waals surface area (Å²) in [5.74, 6) is 0.424. The van der Waals surface area contributed by atoms with Crippen LogP contribution in [-0.2, 0) is 14.8 Å². The molecule has 140 valence electrons. The van der Waals surface area contributed by atoms with E-state index >= 15 is 0 Å². The molecule has 0 saturated carbocycles. The molecule has 1 aliphatic rings. The van der Waals surface area contributed by atoms with Gasteiger partial charge in [-0.05, 0) is 25.5 Å². The van der Waals surface area contributed by atoms with Crippen LogP contribution in [0.15, 0.2) is 18.3 Å². The Labute approximate surface area is 149 Å². The van der Waals surface area contributed by atoms with Crippen molar-refractivity contribution < 1.29 is 17.9 Å². The fourth-order valence-electron chi connectivity index (χ4n) is 2.54. The molecular weight excluding hydrogens is 344 g/mol. The maximum Gasteiger partial charge on any atom is 0.409 e. The second-order valence-corrected chi connectivity index (χ2v) is 7.69. The van der Waals surface area contributed by atoms with Gasteiger partial charge in [-0.15, -0.1) is 0 Å². The summed E-state index contributed by atoms with van der Waals surface area (Å²) in [6, 6.07) is 3.50. The molecule has 1 saturated heterocycles. The number of unbranched alkanes of at least 4 members (excludes halogenated alkanes) is 1. The summed E-state index contributed by atoms with van der Waals surface area (Å²) in [5.41, 5.74) is 0.903. The highest BCUT2D eigenvalue weighted by atomic mass is 32.2. The number of hydrogen-bond donors (Lipinski definition) is 1. The van der Waals surface area contributed by atoms with Gasteiger partial charge in [0.1, 0.15) is 5.82 Å². The molecule has 9 heteroatoms. The lowest BCUT2D eigenvalue weighted by Crippen LogP contribution is -2.49. The van der Waals surface area contributed by atoms with Gasteiger partial charge in [-0.3, -0.25) is 4.72 Å². The average Bonchev–Trinajstić information content (AvgIpc) is 2.61. The van der Waals surface area contributed by atoms with Crippen LogP contribution in [0.25, 0.3) is 0 Å². The zero-order valence-electron chi connectivity index (χ0n) is 14.8. The second kappa shape index (κ2) is 8.89. The highest BCUT2D eigenvalue weighted by molar-refractivity contribution is 7.92. The molecule has 2 rings (SSSR count). The first-order valence-corrected chi connectivity index (χ1v) is 10.2. The van der Waals surface area contributed by atoms with Gasteiger partial charge in [0.05, 0.1) is 24.2 Å². The van der Waals surface area contributed by atoms with Gasteiger partial charge in [-0.1, -0.05) is 13.3 Å². The third kappa shape index (κ3) is 5.77. The Morgan fingerprint density at radius 3 is 2.52 bits per heavy atom. The molecule has 1 fully saturated rings. The predicted octanol–water partition coefficient (Wildman–Crippen LogP) is 1.90. The van der Waals surface area contributed by atoms with E-state index in [9.17, 15) is 13.2 Å². The third-order valence-electron chi connectivity index (χ3n) is 3.95. The fraction of sp³-hybridized carbons (Fsp3) is 0.625. The second-order valence-electron chi connectivity index (χ2n) is 5.85. The Morgan fingerprint density at radius 1 is 1.24 bits per heavy atom. The first-order valence-electron chi connectivity index (χ1n) is 8.58. The highest BCUT2D eigenvalue weighted by Gasteiger charge is 2.22. The van der Waals surface area contributed by atoms with Crippen LogP contribution in [0.3, 0.4) is 0 Å². The Morgan fingerprint density at radius 2 is 1.96 bits per heavy atom. The lowest BCUT2D eigenvalue weighted by atomic mass is 10.3. The summed E-state index contributed by atoms with van der Waals surface area (Å²) in [7, 11) is -3.34. The number of pyridine rings is 1. The monoisotopic (exact) mass is 370 g/mol. The molecule has 25 heavy (non-hydrogen) atoms. The van der Waals surface area contributed by atoms with E-state index in [1.165, 1.54) is 0 Å². The number of amides is 1. The molecule has 0 atom stereocenters. The molecule has 0 aromatic carbocycles. The van der Waals surface area contributed by atoms with Crippen molar-refractivity contribution in [2.24, 2.45) is 0 Å². The summed E-state index contributed by atoms with van der Waals surface area (Å²) in [6.07, 6.45) is 2.82. The number of rotatable bonds is 7. The molecule has 1 aromatic heterocycles. The minimum absolute atomic E-state index is 0.1000. The number of sulfonamides is 1. The smallest absolute Gasteiger partial charge is 0.409 e. The topological polar surface area (TPSA) is 91.8 Å². The molecule has 0 unspecified atom stereocenters. The fourth-order valence-corrected chi connectivity index (χ4v) is 3.75. The molecule has 0 radical (unpaired) electrons. The van der Waals surface area contributed by atoms with Crippen LogP contribution < -0.4 is 9.62 Å². The number of nitrogens with zero attached hydrogens (tertiary/aromatic N) is 3. The van der Waals surface area contributed by atoms with E-state index in [4.69, 9.17) is 4.74 Å². The van der Waals surface area contributed by atoms with Gasteiger partial charge in [0.2, 0.25) is 10.0 Å². The van der Waals surface area contributed by atoms with Crippen molar-refractivity contribution in [2.75, 3.05) is 48.2 Å². The van der Waals surface area contributed by atoms with Crippen LogP contribution >= 0.6 is 0 Å². The normalized spacial score (nSPS) is 15.1. The molecular formula is C16H26N4O4S. The molecule has 0 aliphatic carbocycles. The minimum Gasteiger partial charge on any atom is -0.450 e. The van der Waals surface area contributed by atoms with Crippen molar-refractivity contribution in [2.45, 2.75) is 26.7 Å². The quantitative estimate of drug-likeness (QED) is 0.788. The number of aromatic nitrogens is 1. The maximum absolute atomic E-state index is 11.9. The average molecular weight is 370 g/mol. The lowest BCUT2D eigenvalue weighted by molar-refractivity contribution is 0.105. The molecule has 0 bridgehead atoms. The minimum atomic E-state index is -3.34. The van der Waals surface area contributed by atoms with Crippen LogP contribution in [0.5, 0.6) is 0 Å². The van der Waals surface area contributed by atoms with Crippen molar-refractivity contribution in [1.29, 1.82) is 0 Å². The number of hydrogen-bond acceptors (Lipinski definition) is 6. The molecule has 1 amide bonds. The van der Waals surface area contributed by atoms with Gasteiger partial charge in [0.15, 0.2) is 0 Å². The number of anilines is 2. The first-order chi connectivity index (χ1) is 11.9. The van der Waals surface area contributed by atoms with E-state index in [-0.39, 0.29) is 11.8 Å². The van der Waals surface area contributed by atoms with Crippen molar-refractivity contribution in [3.8, 4) is 0 Å². The molecule has 1 aromatic rings. The van der Waals surface area contributed by atoms with Gasteiger partial charge < -0.3 is 14.5 Å². The molecule has 1 aliphatic heterocycles. The van der Waals surface area contributed by atoms with Crippen molar-refractivity contribution in [1.82, 2.24) is 9.88 Å². The van der Waals surface area contributed by atoms with Crippen LogP contribution in [-0.4, -0.2) is 62.9 Å². The molecule has 8 nitrogen and oxygen atoms in total. The summed E-state index contributed by atoms with van der Waals surface area (Å²) in [5, 5.41) is 0. The van der Waals surface area contributed by atoms with Gasteiger partial charge in [0, 0.05) is 26.2 Å². The summed E-state index contributed by atoms with van der Waals surface area (Å²) < 4.78 is 31.3. The van der Waals surface area contributed by atoms with Gasteiger partial charge in [0.25, 0.3) is 0 Å². The zero-order valence-corrected chi connectivity index (χ0v) is 15.6. The van der Waals surface area contributed by atoms with Crippen LogP contribution in [0.2, 0.25) is 0 Å². The summed E-state index contributed by atoms with van der Waals surface area (Å²) >= 11 is 0. The number of ether oxygens (including phenoxy) is 1. The Balaban J connectivity index is 1.90. The Kier molecular flexibility index (Phi) is 6.86. The van der Waals surface area contributed by atoms with Crippen LogP contribution in [0.4, 0.5) is 16.3 Å². The standard InChI is InChI=1S/C16H26N4O4S/c1-3-5-12-25(22,23)18-15-7-6-14(13-17-15)19-8-10-20(11-9-19)16(21)24-4-2/h6-7,13H,3-5,8-12H2,1-2H3,(H,17,18). The van der Waals surface area contributed by atoms with Crippen LogP contribution in [0, 0.1) is 0 Å². The van der Waals surface area contributed by atoms with E-state index in [0.717, 1.165) is 12.1 Å². The van der Waals surface area contributed by atoms with E-state index < -0.39 is 10.0 Å². The highest BCUT2D eigenvalue weighted by Crippen LogP contribution is 2.18. The van der Waals surface area contributed by atoms with Crippen molar-refractivity contribution in [3.63, 3.8) is 0 Å². The lowest BCUT2D eigenvalue weighted by Gasteiger charge is -2.35. The number of carbonyl (C=O) groups excluding carboxylic acids is 1. The summed E-state index contributed by atoms with van der Waals surface area (Å²) in [6.45, 7) is 6.65. The van der Waals surface area contributed by atoms with E-state index in [1.807, 2.05) is 13.0 Å². The van der Waals surface area contributed by atoms with Crippen molar-refractivity contribution in [3.05, 3.63) is 18.3 Å². The zero-order chi connectivity index (χ0) is 18.3. The Hall–Kier alpha value is -2.03. The molecule has 2 heterocycles. The third-order valence-corrected chi connectivity index (χ3v) is 5.29. The van der Waals surface area contributed by atoms with Crippen LogP contribution in [0.1, 0.15) is 26.7 Å². The van der Waals surface area contributed by atoms with Gasteiger partial charge >= 0.3 is 6.09 Å². The Bertz CT molecular complexity index is 655. The van der Waals surface area contributed by atoms with Gasteiger partial charge in [-0.2, -0.15) is 0 Å². The van der Waals surface area contributed by atoms with E-state index in [0.29, 0.717) is 45.0 Å². The largest absolute Gasteiger partial charge is 0.450 e. The number of piperazine rings is 1.